The molecule has 0 N–H and O–H groups in total. The first-order chi connectivity index (χ1) is 5.33. The van der Waals surface area contributed by atoms with Crippen LogP contribution < -0.4 is 0 Å². The van der Waals surface area contributed by atoms with Crippen LogP contribution in [-0.2, 0) is 0 Å². The Labute approximate surface area is 70.0 Å². The minimum Gasteiger partial charge on any atom is -0.250 e. The van der Waals surface area contributed by atoms with E-state index in [1.165, 1.54) is 11.8 Å². The van der Waals surface area contributed by atoms with Crippen molar-refractivity contribution in [1.29, 1.82) is 0 Å². The van der Waals surface area contributed by atoms with Crippen molar-refractivity contribution in [2.75, 3.05) is 12.4 Å². The fourth-order valence-corrected chi connectivity index (χ4v) is 1.22. The Morgan fingerprint density at radius 3 is 2.91 bits per heavy atom. The molecule has 59 valence electrons. The molecule has 1 aromatic heterocycles. The molecule has 0 unspecified atom stereocenters. The smallest absolute Gasteiger partial charge is 0.0988 e. The lowest BCUT2D eigenvalue weighted by molar-refractivity contribution is 0.532. The highest BCUT2D eigenvalue weighted by Gasteiger charge is 1.93. The van der Waals surface area contributed by atoms with E-state index in [0.29, 0.717) is 5.75 Å². The summed E-state index contributed by atoms with van der Waals surface area (Å²) < 4.78 is 11.7. The zero-order valence-electron chi connectivity index (χ0n) is 6.09. The molecule has 0 aromatic carbocycles. The Morgan fingerprint density at radius 1 is 1.55 bits per heavy atom. The van der Waals surface area contributed by atoms with Gasteiger partial charge >= 0.3 is 0 Å². The molecule has 0 fully saturated rings. The molecule has 0 atom stereocenters. The second-order valence-electron chi connectivity index (χ2n) is 2.04. The Morgan fingerprint density at radius 2 is 2.36 bits per heavy atom. The van der Waals surface area contributed by atoms with Gasteiger partial charge in [0.05, 0.1) is 11.7 Å². The van der Waals surface area contributed by atoms with Crippen molar-refractivity contribution in [2.24, 2.45) is 0 Å². The highest BCUT2D eigenvalue weighted by Crippen LogP contribution is 2.14. The number of halogens is 1. The summed E-state index contributed by atoms with van der Waals surface area (Å²) >= 11 is 1.42. The normalized spacial score (nSPS) is 10.0. The Kier molecular flexibility index (Phi) is 3.36. The van der Waals surface area contributed by atoms with Crippen LogP contribution in [0.15, 0.2) is 23.4 Å². The maximum atomic E-state index is 11.7. The summed E-state index contributed by atoms with van der Waals surface area (Å²) in [4.78, 5) is 4.05. The van der Waals surface area contributed by atoms with Crippen molar-refractivity contribution in [2.45, 2.75) is 5.03 Å². The fraction of sp³-hybridized carbons (Fsp3) is 0.250. The number of thioether (sulfide) groups is 1. The van der Waals surface area contributed by atoms with Crippen molar-refractivity contribution in [1.82, 2.24) is 4.98 Å². The van der Waals surface area contributed by atoms with Crippen LogP contribution in [0.4, 0.5) is 4.39 Å². The Bertz CT molecular complexity index is 210. The first-order valence-electron chi connectivity index (χ1n) is 3.29. The molecular weight excluding hydrogens is 161 g/mol. The van der Waals surface area contributed by atoms with Crippen molar-refractivity contribution in [3.8, 4) is 0 Å². The van der Waals surface area contributed by atoms with Crippen LogP contribution in [0.5, 0.6) is 0 Å². The number of aromatic nitrogens is 1. The molecule has 1 aromatic rings. The van der Waals surface area contributed by atoms with Gasteiger partial charge in [0.1, 0.15) is 0 Å². The van der Waals surface area contributed by atoms with E-state index in [1.807, 2.05) is 12.1 Å². The third-order valence-corrected chi connectivity index (χ3v) is 2.02. The van der Waals surface area contributed by atoms with Crippen LogP contribution in [0, 0.1) is 6.92 Å². The zero-order valence-corrected chi connectivity index (χ0v) is 6.90. The van der Waals surface area contributed by atoms with E-state index in [4.69, 9.17) is 0 Å². The summed E-state index contributed by atoms with van der Waals surface area (Å²) in [6.45, 7) is 3.39. The molecule has 1 rings (SSSR count). The van der Waals surface area contributed by atoms with Gasteiger partial charge in [0.2, 0.25) is 0 Å². The van der Waals surface area contributed by atoms with E-state index in [9.17, 15) is 4.39 Å². The topological polar surface area (TPSA) is 12.9 Å². The molecule has 1 heterocycles. The maximum Gasteiger partial charge on any atom is 0.0988 e. The van der Waals surface area contributed by atoms with Crippen LogP contribution in [0.25, 0.3) is 0 Å². The molecule has 0 saturated carbocycles. The third kappa shape index (κ3) is 2.89. The first-order valence-corrected chi connectivity index (χ1v) is 4.28. The highest BCUT2D eigenvalue weighted by atomic mass is 32.2. The molecule has 0 spiro atoms. The predicted octanol–water partition coefficient (Wildman–Crippen LogP) is 2.33. The molecule has 0 aliphatic rings. The summed E-state index contributed by atoms with van der Waals surface area (Å²) in [5, 5.41) is 0.857. The number of nitrogens with zero attached hydrogens (tertiary/aromatic N) is 1. The van der Waals surface area contributed by atoms with E-state index in [2.05, 4.69) is 11.9 Å². The predicted molar refractivity (Wildman–Crippen MR) is 45.4 cm³/mol. The SMILES string of the molecule is [CH2]c1ccc(SCCF)nc1. The second kappa shape index (κ2) is 4.34. The van der Waals surface area contributed by atoms with E-state index in [-0.39, 0.29) is 6.67 Å². The van der Waals surface area contributed by atoms with Crippen LogP contribution in [0.1, 0.15) is 5.56 Å². The van der Waals surface area contributed by atoms with Gasteiger partial charge in [-0.3, -0.25) is 4.39 Å². The Hall–Kier alpha value is -0.570. The molecular formula is C8H9FNS. The van der Waals surface area contributed by atoms with E-state index >= 15 is 0 Å². The summed E-state index contributed by atoms with van der Waals surface area (Å²) in [6, 6.07) is 3.72. The summed E-state index contributed by atoms with van der Waals surface area (Å²) in [5.74, 6) is 0.476. The van der Waals surface area contributed by atoms with E-state index < -0.39 is 0 Å². The molecule has 0 aliphatic carbocycles. The van der Waals surface area contributed by atoms with Crippen LogP contribution in [0.2, 0.25) is 0 Å². The number of rotatable bonds is 3. The molecule has 0 amide bonds. The average Bonchev–Trinajstić information content (AvgIpc) is 2.04. The second-order valence-corrected chi connectivity index (χ2v) is 3.16. The molecule has 3 heteroatoms. The van der Waals surface area contributed by atoms with Crippen molar-refractivity contribution >= 4 is 11.8 Å². The Balaban J connectivity index is 2.52. The highest BCUT2D eigenvalue weighted by molar-refractivity contribution is 7.99. The molecule has 0 bridgehead atoms. The number of pyridine rings is 1. The maximum absolute atomic E-state index is 11.7. The first kappa shape index (κ1) is 8.53. The van der Waals surface area contributed by atoms with Crippen LogP contribution >= 0.6 is 11.8 Å². The van der Waals surface area contributed by atoms with Gasteiger partial charge in [0, 0.05) is 11.9 Å². The van der Waals surface area contributed by atoms with Gasteiger partial charge in [-0.25, -0.2) is 4.98 Å². The number of alkyl halides is 1. The van der Waals surface area contributed by atoms with Crippen LogP contribution in [-0.4, -0.2) is 17.4 Å². The van der Waals surface area contributed by atoms with Gasteiger partial charge in [-0.05, 0) is 18.6 Å². The van der Waals surface area contributed by atoms with Crippen LogP contribution in [0.3, 0.4) is 0 Å². The molecule has 11 heavy (non-hydrogen) atoms. The van der Waals surface area contributed by atoms with E-state index in [0.717, 1.165) is 10.6 Å². The molecule has 0 aliphatic heterocycles. The standard InChI is InChI=1S/C8H9FNS/c1-7-2-3-8(10-6-7)11-5-4-9/h2-3,6H,1,4-5H2. The van der Waals surface area contributed by atoms with Crippen molar-refractivity contribution < 1.29 is 4.39 Å². The minimum absolute atomic E-state index is 0.307. The van der Waals surface area contributed by atoms with Crippen molar-refractivity contribution in [3.05, 3.63) is 30.8 Å². The lowest BCUT2D eigenvalue weighted by Crippen LogP contribution is -1.84. The lowest BCUT2D eigenvalue weighted by Gasteiger charge is -1.96. The van der Waals surface area contributed by atoms with Gasteiger partial charge in [0.15, 0.2) is 0 Å². The van der Waals surface area contributed by atoms with Gasteiger partial charge < -0.3 is 0 Å². The molecule has 1 radical (unpaired) electrons. The quantitative estimate of drug-likeness (QED) is 0.646. The lowest BCUT2D eigenvalue weighted by atomic mass is 10.3. The average molecular weight is 170 g/mol. The summed E-state index contributed by atoms with van der Waals surface area (Å²) in [6.07, 6.45) is 1.68. The van der Waals surface area contributed by atoms with Gasteiger partial charge in [-0.2, -0.15) is 0 Å². The third-order valence-electron chi connectivity index (χ3n) is 1.12. The molecule has 0 saturated heterocycles. The van der Waals surface area contributed by atoms with Crippen molar-refractivity contribution in [3.63, 3.8) is 0 Å². The fourth-order valence-electron chi connectivity index (χ4n) is 0.639. The van der Waals surface area contributed by atoms with E-state index in [1.54, 1.807) is 6.20 Å². The zero-order chi connectivity index (χ0) is 8.10. The number of hydrogen-bond donors (Lipinski definition) is 0. The van der Waals surface area contributed by atoms with Gasteiger partial charge in [-0.15, -0.1) is 11.8 Å². The summed E-state index contributed by atoms with van der Waals surface area (Å²) in [7, 11) is 0. The monoisotopic (exact) mass is 170 g/mol. The largest absolute Gasteiger partial charge is 0.250 e. The number of hydrogen-bond acceptors (Lipinski definition) is 2. The van der Waals surface area contributed by atoms with Gasteiger partial charge in [-0.1, -0.05) is 6.07 Å². The van der Waals surface area contributed by atoms with Gasteiger partial charge in [0.25, 0.3) is 0 Å². The minimum atomic E-state index is -0.307. The molecule has 1 nitrogen and oxygen atoms in total. The summed E-state index contributed by atoms with van der Waals surface area (Å²) in [5.41, 5.74) is 0.884.